The molecule has 0 amide bonds. The Labute approximate surface area is 141 Å². The van der Waals surface area contributed by atoms with Gasteiger partial charge >= 0.3 is 5.97 Å². The molecular formula is C19H24N2O3. The van der Waals surface area contributed by atoms with Crippen molar-refractivity contribution in [1.29, 1.82) is 0 Å². The van der Waals surface area contributed by atoms with Crippen molar-refractivity contribution in [3.8, 4) is 0 Å². The molecule has 1 aromatic carbocycles. The molecule has 0 spiro atoms. The molecule has 0 atom stereocenters. The van der Waals surface area contributed by atoms with E-state index in [0.29, 0.717) is 28.7 Å². The van der Waals surface area contributed by atoms with Crippen molar-refractivity contribution in [3.63, 3.8) is 0 Å². The van der Waals surface area contributed by atoms with E-state index in [1.807, 2.05) is 18.2 Å². The highest BCUT2D eigenvalue weighted by Gasteiger charge is 2.23. The van der Waals surface area contributed by atoms with Gasteiger partial charge in [0.15, 0.2) is 5.43 Å². The van der Waals surface area contributed by atoms with Crippen LogP contribution in [0.25, 0.3) is 10.9 Å². The minimum Gasteiger partial charge on any atom is -0.461 e. The van der Waals surface area contributed by atoms with Crippen LogP contribution in [-0.2, 0) is 11.3 Å². The first kappa shape index (κ1) is 16.7. The van der Waals surface area contributed by atoms with Crippen molar-refractivity contribution in [1.82, 2.24) is 9.88 Å². The molecule has 1 aliphatic rings. The van der Waals surface area contributed by atoms with Crippen LogP contribution in [0.15, 0.2) is 29.1 Å². The predicted molar refractivity (Wildman–Crippen MR) is 94.2 cm³/mol. The number of H-pyrrole nitrogens is 1. The summed E-state index contributed by atoms with van der Waals surface area (Å²) in [6, 6.07) is 7.30. The van der Waals surface area contributed by atoms with E-state index in [1.165, 1.54) is 0 Å². The molecule has 0 aliphatic carbocycles. The van der Waals surface area contributed by atoms with E-state index >= 15 is 0 Å². The van der Waals surface area contributed by atoms with Crippen LogP contribution in [0.5, 0.6) is 0 Å². The number of rotatable bonds is 4. The summed E-state index contributed by atoms with van der Waals surface area (Å²) in [5, 5.41) is 0.617. The number of esters is 1. The molecule has 24 heavy (non-hydrogen) atoms. The third kappa shape index (κ3) is 3.36. The third-order valence-electron chi connectivity index (χ3n) is 4.74. The molecule has 5 heteroatoms. The third-order valence-corrected chi connectivity index (χ3v) is 4.74. The van der Waals surface area contributed by atoms with Gasteiger partial charge < -0.3 is 9.72 Å². The number of nitrogens with zero attached hydrogens (tertiary/aromatic N) is 1. The predicted octanol–water partition coefficient (Wildman–Crippen LogP) is 2.94. The highest BCUT2D eigenvalue weighted by atomic mass is 16.5. The molecule has 0 radical (unpaired) electrons. The number of pyridine rings is 1. The Balaban J connectivity index is 2.02. The number of ether oxygens (including phenoxy) is 1. The second-order valence-electron chi connectivity index (χ2n) is 6.53. The monoisotopic (exact) mass is 328 g/mol. The molecule has 0 saturated carbocycles. The number of carbonyl (C=O) groups is 1. The number of aromatic amines is 1. The molecule has 1 saturated heterocycles. The molecule has 1 N–H and O–H groups in total. The highest BCUT2D eigenvalue weighted by molar-refractivity contribution is 5.92. The van der Waals surface area contributed by atoms with Crippen molar-refractivity contribution in [2.24, 2.45) is 5.92 Å². The van der Waals surface area contributed by atoms with Crippen LogP contribution in [-0.4, -0.2) is 35.5 Å². The lowest BCUT2D eigenvalue weighted by atomic mass is 9.98. The maximum atomic E-state index is 12.9. The van der Waals surface area contributed by atoms with Gasteiger partial charge in [0.1, 0.15) is 5.69 Å². The largest absolute Gasteiger partial charge is 0.461 e. The maximum absolute atomic E-state index is 12.9. The Kier molecular flexibility index (Phi) is 5.00. The van der Waals surface area contributed by atoms with Gasteiger partial charge in [-0.15, -0.1) is 0 Å². The Morgan fingerprint density at radius 1 is 1.29 bits per heavy atom. The van der Waals surface area contributed by atoms with Crippen LogP contribution < -0.4 is 5.43 Å². The van der Waals surface area contributed by atoms with Gasteiger partial charge in [-0.3, -0.25) is 9.69 Å². The van der Waals surface area contributed by atoms with Gasteiger partial charge in [0.2, 0.25) is 0 Å². The lowest BCUT2D eigenvalue weighted by molar-refractivity contribution is 0.0516. The number of benzene rings is 1. The lowest BCUT2D eigenvalue weighted by Gasteiger charge is -2.30. The Morgan fingerprint density at radius 3 is 2.71 bits per heavy atom. The molecule has 5 nitrogen and oxygen atoms in total. The fourth-order valence-corrected chi connectivity index (χ4v) is 3.25. The smallest absolute Gasteiger partial charge is 0.355 e. The summed E-state index contributed by atoms with van der Waals surface area (Å²) in [6.07, 6.45) is 2.25. The Morgan fingerprint density at radius 2 is 2.00 bits per heavy atom. The molecule has 1 fully saturated rings. The van der Waals surface area contributed by atoms with Gasteiger partial charge in [-0.25, -0.2) is 4.79 Å². The van der Waals surface area contributed by atoms with Crippen LogP contribution in [0, 0.1) is 5.92 Å². The molecular weight excluding hydrogens is 304 g/mol. The van der Waals surface area contributed by atoms with Crippen molar-refractivity contribution in [2.75, 3.05) is 19.7 Å². The van der Waals surface area contributed by atoms with Crippen molar-refractivity contribution < 1.29 is 9.53 Å². The van der Waals surface area contributed by atoms with Crippen LogP contribution in [0.4, 0.5) is 0 Å². The minimum absolute atomic E-state index is 0.0778. The van der Waals surface area contributed by atoms with Crippen LogP contribution >= 0.6 is 0 Å². The first-order valence-corrected chi connectivity index (χ1v) is 8.63. The van der Waals surface area contributed by atoms with Crippen LogP contribution in [0.2, 0.25) is 0 Å². The number of likely N-dealkylation sites (tertiary alicyclic amines) is 1. The van der Waals surface area contributed by atoms with E-state index in [9.17, 15) is 9.59 Å². The van der Waals surface area contributed by atoms with E-state index < -0.39 is 5.97 Å². The molecule has 0 unspecified atom stereocenters. The zero-order chi connectivity index (χ0) is 17.1. The van der Waals surface area contributed by atoms with Gasteiger partial charge in [-0.2, -0.15) is 0 Å². The fourth-order valence-electron chi connectivity index (χ4n) is 3.25. The SMILES string of the molecule is CCOC(=O)c1[nH]c2ccccc2c(=O)c1CN1CCC(C)CC1. The topological polar surface area (TPSA) is 62.4 Å². The van der Waals surface area contributed by atoms with Crippen LogP contribution in [0.1, 0.15) is 42.7 Å². The van der Waals surface area contributed by atoms with Gasteiger partial charge in [0.05, 0.1) is 6.61 Å². The number of fused-ring (bicyclic) bond motifs is 1. The summed E-state index contributed by atoms with van der Waals surface area (Å²) in [5.74, 6) is 0.265. The minimum atomic E-state index is -0.458. The van der Waals surface area contributed by atoms with E-state index in [4.69, 9.17) is 4.74 Å². The fraction of sp³-hybridized carbons (Fsp3) is 0.474. The second-order valence-corrected chi connectivity index (χ2v) is 6.53. The number of nitrogens with one attached hydrogen (secondary N) is 1. The molecule has 3 rings (SSSR count). The highest BCUT2D eigenvalue weighted by Crippen LogP contribution is 2.20. The summed E-state index contributed by atoms with van der Waals surface area (Å²) in [6.45, 7) is 6.70. The quantitative estimate of drug-likeness (QED) is 0.877. The van der Waals surface area contributed by atoms with E-state index in [-0.39, 0.29) is 12.0 Å². The molecule has 1 aromatic heterocycles. The first-order valence-electron chi connectivity index (χ1n) is 8.63. The maximum Gasteiger partial charge on any atom is 0.355 e. The molecule has 2 aromatic rings. The first-order chi connectivity index (χ1) is 11.6. The van der Waals surface area contributed by atoms with Crippen LogP contribution in [0.3, 0.4) is 0 Å². The van der Waals surface area contributed by atoms with Crippen molar-refractivity contribution in [3.05, 3.63) is 45.7 Å². The van der Waals surface area contributed by atoms with Crippen molar-refractivity contribution in [2.45, 2.75) is 33.2 Å². The summed E-state index contributed by atoms with van der Waals surface area (Å²) in [7, 11) is 0. The number of carbonyl (C=O) groups excluding carboxylic acids is 1. The van der Waals surface area contributed by atoms with Gasteiger partial charge in [0, 0.05) is 23.0 Å². The average Bonchev–Trinajstić information content (AvgIpc) is 2.59. The Bertz CT molecular complexity index is 789. The summed E-state index contributed by atoms with van der Waals surface area (Å²) >= 11 is 0. The number of aromatic nitrogens is 1. The molecule has 2 heterocycles. The van der Waals surface area contributed by atoms with E-state index in [2.05, 4.69) is 16.8 Å². The molecule has 1 aliphatic heterocycles. The number of para-hydroxylation sites is 1. The number of hydrogen-bond acceptors (Lipinski definition) is 4. The van der Waals surface area contributed by atoms with E-state index in [0.717, 1.165) is 31.8 Å². The second kappa shape index (κ2) is 7.18. The van der Waals surface area contributed by atoms with Crippen molar-refractivity contribution >= 4 is 16.9 Å². The van der Waals surface area contributed by atoms with Gasteiger partial charge in [-0.05, 0) is 50.9 Å². The number of piperidine rings is 1. The normalized spacial score (nSPS) is 16.4. The average molecular weight is 328 g/mol. The zero-order valence-corrected chi connectivity index (χ0v) is 14.3. The van der Waals surface area contributed by atoms with Gasteiger partial charge in [0.25, 0.3) is 0 Å². The number of hydrogen-bond donors (Lipinski definition) is 1. The standard InChI is InChI=1S/C19H24N2O3/c1-3-24-19(23)17-15(12-21-10-8-13(2)9-11-21)18(22)14-6-4-5-7-16(14)20-17/h4-7,13H,3,8-12H2,1-2H3,(H,20,22). The zero-order valence-electron chi connectivity index (χ0n) is 14.3. The van der Waals surface area contributed by atoms with E-state index in [1.54, 1.807) is 13.0 Å². The Hall–Kier alpha value is -2.14. The summed E-state index contributed by atoms with van der Waals surface area (Å²) < 4.78 is 5.15. The van der Waals surface area contributed by atoms with Gasteiger partial charge in [-0.1, -0.05) is 19.1 Å². The molecule has 128 valence electrons. The lowest BCUT2D eigenvalue weighted by Crippen LogP contribution is -2.35. The summed E-state index contributed by atoms with van der Waals surface area (Å²) in [4.78, 5) is 30.7. The summed E-state index contributed by atoms with van der Waals surface area (Å²) in [5.41, 5.74) is 1.40. The molecule has 0 bridgehead atoms.